The molecule has 1 fully saturated rings. The van der Waals surface area contributed by atoms with Gasteiger partial charge in [0.2, 0.25) is 11.7 Å². The summed E-state index contributed by atoms with van der Waals surface area (Å²) in [4.78, 5) is 10.8. The first-order valence-electron chi connectivity index (χ1n) is 6.59. The van der Waals surface area contributed by atoms with Crippen LogP contribution in [0.2, 0.25) is 0 Å². The number of nitrogen functional groups attached to an aromatic ring is 1. The lowest BCUT2D eigenvalue weighted by Gasteiger charge is -2.29. The van der Waals surface area contributed by atoms with E-state index in [0.717, 1.165) is 36.9 Å². The topological polar surface area (TPSA) is 76.3 Å². The summed E-state index contributed by atoms with van der Waals surface area (Å²) >= 11 is 0. The van der Waals surface area contributed by atoms with Gasteiger partial charge in [-0.3, -0.25) is 0 Å². The largest absolute Gasteiger partial charge is 0.484 e. The minimum Gasteiger partial charge on any atom is -0.484 e. The van der Waals surface area contributed by atoms with Crippen molar-refractivity contribution in [3.8, 4) is 5.75 Å². The average molecular weight is 249 g/mol. The lowest BCUT2D eigenvalue weighted by Crippen LogP contribution is -2.33. The van der Waals surface area contributed by atoms with E-state index in [1.807, 2.05) is 0 Å². The molecular formula is C12H19N5O. The summed E-state index contributed by atoms with van der Waals surface area (Å²) in [6.07, 6.45) is 3.40. The molecule has 2 aliphatic rings. The van der Waals surface area contributed by atoms with E-state index in [9.17, 15) is 0 Å². The summed E-state index contributed by atoms with van der Waals surface area (Å²) in [5, 5.41) is 3.37. The quantitative estimate of drug-likeness (QED) is 0.821. The molecule has 0 unspecified atom stereocenters. The van der Waals surface area contributed by atoms with Gasteiger partial charge in [0.05, 0.1) is 6.04 Å². The van der Waals surface area contributed by atoms with Crippen LogP contribution in [0.25, 0.3) is 0 Å². The van der Waals surface area contributed by atoms with Crippen LogP contribution < -0.4 is 20.7 Å². The molecule has 0 amide bonds. The van der Waals surface area contributed by atoms with Crippen LogP contribution in [0.4, 0.5) is 17.6 Å². The van der Waals surface area contributed by atoms with Crippen molar-refractivity contribution in [2.75, 3.05) is 35.6 Å². The van der Waals surface area contributed by atoms with Gasteiger partial charge < -0.3 is 20.7 Å². The van der Waals surface area contributed by atoms with Crippen LogP contribution in [0.1, 0.15) is 26.2 Å². The summed E-state index contributed by atoms with van der Waals surface area (Å²) in [5.74, 6) is 2.65. The van der Waals surface area contributed by atoms with Gasteiger partial charge in [0.25, 0.3) is 0 Å². The van der Waals surface area contributed by atoms with Crippen molar-refractivity contribution in [1.82, 2.24) is 9.97 Å². The lowest BCUT2D eigenvalue weighted by atomic mass is 10.2. The second-order valence-electron chi connectivity index (χ2n) is 4.84. The number of nitrogens with zero attached hydrogens (tertiary/aromatic N) is 3. The first-order valence-corrected chi connectivity index (χ1v) is 6.59. The Hall–Kier alpha value is -1.72. The van der Waals surface area contributed by atoms with Crippen LogP contribution in [-0.4, -0.2) is 35.7 Å². The third-order valence-corrected chi connectivity index (χ3v) is 3.53. The maximum absolute atomic E-state index is 5.84. The van der Waals surface area contributed by atoms with E-state index in [-0.39, 0.29) is 0 Å². The van der Waals surface area contributed by atoms with Crippen LogP contribution >= 0.6 is 0 Å². The van der Waals surface area contributed by atoms with Crippen molar-refractivity contribution in [1.29, 1.82) is 0 Å². The Labute approximate surface area is 107 Å². The maximum atomic E-state index is 5.84. The fraction of sp³-hybridized carbons (Fsp3) is 0.667. The molecule has 0 spiro atoms. The van der Waals surface area contributed by atoms with Crippen LogP contribution in [0.5, 0.6) is 5.75 Å². The van der Waals surface area contributed by atoms with Crippen molar-refractivity contribution < 1.29 is 4.74 Å². The number of hydrogen-bond donors (Lipinski definition) is 2. The van der Waals surface area contributed by atoms with Crippen LogP contribution in [-0.2, 0) is 0 Å². The Bertz CT molecular complexity index is 444. The number of nitrogens with one attached hydrogen (secondary N) is 1. The molecule has 98 valence electrons. The summed E-state index contributed by atoms with van der Waals surface area (Å²) < 4.78 is 5.84. The molecule has 0 radical (unpaired) electrons. The molecule has 6 heteroatoms. The van der Waals surface area contributed by atoms with Crippen LogP contribution in [0, 0.1) is 0 Å². The van der Waals surface area contributed by atoms with Gasteiger partial charge in [-0.1, -0.05) is 6.92 Å². The van der Waals surface area contributed by atoms with E-state index in [0.29, 0.717) is 18.6 Å². The van der Waals surface area contributed by atoms with E-state index in [4.69, 9.17) is 10.5 Å². The number of rotatable bonds is 2. The molecule has 3 heterocycles. The summed E-state index contributed by atoms with van der Waals surface area (Å²) in [7, 11) is 0. The van der Waals surface area contributed by atoms with Gasteiger partial charge in [0.15, 0.2) is 11.6 Å². The van der Waals surface area contributed by atoms with Crippen molar-refractivity contribution in [2.45, 2.75) is 32.2 Å². The number of ether oxygens (including phenoxy) is 1. The molecule has 1 aromatic heterocycles. The fourth-order valence-corrected chi connectivity index (χ4v) is 2.47. The molecule has 6 nitrogen and oxygen atoms in total. The van der Waals surface area contributed by atoms with E-state index >= 15 is 0 Å². The highest BCUT2D eigenvalue weighted by Crippen LogP contribution is 2.38. The molecule has 3 rings (SSSR count). The molecule has 0 saturated carbocycles. The summed E-state index contributed by atoms with van der Waals surface area (Å²) in [6.45, 7) is 4.82. The number of aromatic nitrogens is 2. The molecular weight excluding hydrogens is 230 g/mol. The SMILES string of the molecule is CC[C@@H]1COc2c(nc(N)nc2N2CCCC2)N1. The highest BCUT2D eigenvalue weighted by Gasteiger charge is 2.27. The first kappa shape index (κ1) is 11.4. The smallest absolute Gasteiger partial charge is 0.224 e. The normalized spacial score (nSPS) is 22.3. The van der Waals surface area contributed by atoms with Gasteiger partial charge in [0.1, 0.15) is 6.61 Å². The van der Waals surface area contributed by atoms with Crippen molar-refractivity contribution in [3.63, 3.8) is 0 Å². The number of nitrogens with two attached hydrogens (primary N) is 1. The number of hydrogen-bond acceptors (Lipinski definition) is 6. The summed E-state index contributed by atoms with van der Waals surface area (Å²) in [5.41, 5.74) is 5.79. The molecule has 2 aliphatic heterocycles. The minimum absolute atomic E-state index is 0.304. The van der Waals surface area contributed by atoms with Crippen molar-refractivity contribution >= 4 is 17.6 Å². The fourth-order valence-electron chi connectivity index (χ4n) is 2.47. The average Bonchev–Trinajstić information content (AvgIpc) is 2.90. The highest BCUT2D eigenvalue weighted by molar-refractivity contribution is 5.68. The second-order valence-corrected chi connectivity index (χ2v) is 4.84. The van der Waals surface area contributed by atoms with Gasteiger partial charge in [-0.15, -0.1) is 0 Å². The van der Waals surface area contributed by atoms with E-state index in [1.54, 1.807) is 0 Å². The van der Waals surface area contributed by atoms with Crippen LogP contribution in [0.15, 0.2) is 0 Å². The van der Waals surface area contributed by atoms with Gasteiger partial charge in [-0.25, -0.2) is 0 Å². The number of anilines is 3. The Morgan fingerprint density at radius 2 is 2.17 bits per heavy atom. The zero-order chi connectivity index (χ0) is 12.5. The molecule has 0 aromatic carbocycles. The van der Waals surface area contributed by atoms with Gasteiger partial charge in [-0.05, 0) is 19.3 Å². The Kier molecular flexibility index (Phi) is 2.85. The number of fused-ring (bicyclic) bond motifs is 1. The van der Waals surface area contributed by atoms with Gasteiger partial charge >= 0.3 is 0 Å². The van der Waals surface area contributed by atoms with E-state index < -0.39 is 0 Å². The van der Waals surface area contributed by atoms with Crippen molar-refractivity contribution in [2.24, 2.45) is 0 Å². The molecule has 1 saturated heterocycles. The highest BCUT2D eigenvalue weighted by atomic mass is 16.5. The van der Waals surface area contributed by atoms with Crippen LogP contribution in [0.3, 0.4) is 0 Å². The zero-order valence-corrected chi connectivity index (χ0v) is 10.6. The second kappa shape index (κ2) is 4.51. The van der Waals surface area contributed by atoms with Gasteiger partial charge in [-0.2, -0.15) is 9.97 Å². The Morgan fingerprint density at radius 3 is 2.89 bits per heavy atom. The van der Waals surface area contributed by atoms with E-state index in [1.165, 1.54) is 12.8 Å². The Balaban J connectivity index is 1.97. The van der Waals surface area contributed by atoms with Gasteiger partial charge in [0, 0.05) is 13.1 Å². The molecule has 1 aromatic rings. The zero-order valence-electron chi connectivity index (χ0n) is 10.6. The predicted octanol–water partition coefficient (Wildman–Crippen LogP) is 1.24. The lowest BCUT2D eigenvalue weighted by molar-refractivity contribution is 0.279. The molecule has 0 bridgehead atoms. The molecule has 18 heavy (non-hydrogen) atoms. The first-order chi connectivity index (χ1) is 8.78. The third-order valence-electron chi connectivity index (χ3n) is 3.53. The molecule has 0 aliphatic carbocycles. The van der Waals surface area contributed by atoms with E-state index in [2.05, 4.69) is 27.1 Å². The Morgan fingerprint density at radius 1 is 1.39 bits per heavy atom. The van der Waals surface area contributed by atoms with Crippen molar-refractivity contribution in [3.05, 3.63) is 0 Å². The predicted molar refractivity (Wildman–Crippen MR) is 71.1 cm³/mol. The monoisotopic (exact) mass is 249 g/mol. The molecule has 1 atom stereocenters. The molecule has 3 N–H and O–H groups in total. The third kappa shape index (κ3) is 1.91. The maximum Gasteiger partial charge on any atom is 0.224 e. The minimum atomic E-state index is 0.304. The standard InChI is InChI=1S/C12H19N5O/c1-2-8-7-18-9-10(14-8)15-12(13)16-11(9)17-5-3-4-6-17/h8H,2-7H2,1H3,(H3,13,14,15,16)/t8-/m1/s1. The summed E-state index contributed by atoms with van der Waals surface area (Å²) in [6, 6.07) is 0.304.